The predicted octanol–water partition coefficient (Wildman–Crippen LogP) is 5.17. The summed E-state index contributed by atoms with van der Waals surface area (Å²) in [6.45, 7) is 6.81. The number of carbonyl (C=O) groups excluding carboxylic acids is 1. The Kier molecular flexibility index (Phi) is 10.2. The Balaban J connectivity index is 1.54. The van der Waals surface area contributed by atoms with Gasteiger partial charge in [0.1, 0.15) is 5.82 Å². The average molecular weight is 601 g/mol. The van der Waals surface area contributed by atoms with E-state index in [1.807, 2.05) is 32.9 Å². The Hall–Kier alpha value is -2.82. The van der Waals surface area contributed by atoms with E-state index in [0.717, 1.165) is 5.56 Å². The molecule has 0 aromatic heterocycles. The van der Waals surface area contributed by atoms with Crippen molar-refractivity contribution in [2.45, 2.75) is 62.6 Å². The van der Waals surface area contributed by atoms with Gasteiger partial charge in [0.05, 0.1) is 10.9 Å². The van der Waals surface area contributed by atoms with Crippen LogP contribution in [0.1, 0.15) is 44.2 Å². The molecule has 10 heteroatoms. The quantitative estimate of drug-likeness (QED) is 0.298. The van der Waals surface area contributed by atoms with E-state index < -0.39 is 33.8 Å². The molecule has 1 aliphatic rings. The second-order valence-electron chi connectivity index (χ2n) is 11.0. The van der Waals surface area contributed by atoms with Crippen LogP contribution in [0.4, 0.5) is 10.1 Å². The van der Waals surface area contributed by atoms with Crippen LogP contribution in [0.15, 0.2) is 77.7 Å². The molecule has 1 aliphatic heterocycles. The predicted molar refractivity (Wildman–Crippen MR) is 162 cm³/mol. The SMILES string of the molecule is CC(C)C(c1ccc(Cl)cc1)[C@H](N)C(=O)Nc1cccc(F)c1CC[C@H]1CNC[C@H](C)N1S(=O)(=O)c1ccccc1. The number of nitrogens with two attached hydrogens (primary N) is 1. The Morgan fingerprint density at radius 3 is 2.41 bits per heavy atom. The third-order valence-corrected chi connectivity index (χ3v) is 10.0. The van der Waals surface area contributed by atoms with Crippen LogP contribution in [0.25, 0.3) is 0 Å². The zero-order valence-corrected chi connectivity index (χ0v) is 25.1. The van der Waals surface area contributed by atoms with Crippen LogP contribution in [0.2, 0.25) is 5.02 Å². The molecule has 4 rings (SSSR count). The lowest BCUT2D eigenvalue weighted by Gasteiger charge is -2.40. The molecule has 4 atom stereocenters. The molecule has 0 saturated carbocycles. The van der Waals surface area contributed by atoms with Crippen LogP contribution in [0, 0.1) is 11.7 Å². The van der Waals surface area contributed by atoms with Gasteiger partial charge in [-0.25, -0.2) is 12.8 Å². The topological polar surface area (TPSA) is 105 Å². The molecule has 220 valence electrons. The van der Waals surface area contributed by atoms with Crippen molar-refractivity contribution in [1.82, 2.24) is 9.62 Å². The molecule has 4 N–H and O–H groups in total. The highest BCUT2D eigenvalue weighted by Gasteiger charge is 2.38. The number of benzene rings is 3. The first kappa shape index (κ1) is 31.1. The van der Waals surface area contributed by atoms with E-state index in [-0.39, 0.29) is 29.2 Å². The second-order valence-corrected chi connectivity index (χ2v) is 13.2. The molecule has 7 nitrogen and oxygen atoms in total. The van der Waals surface area contributed by atoms with Gasteiger partial charge in [-0.05, 0) is 67.6 Å². The summed E-state index contributed by atoms with van der Waals surface area (Å²) in [5, 5.41) is 6.75. The summed E-state index contributed by atoms with van der Waals surface area (Å²) in [5.41, 5.74) is 8.02. The molecule has 0 aliphatic carbocycles. The van der Waals surface area contributed by atoms with E-state index >= 15 is 4.39 Å². The molecule has 1 amide bonds. The first-order valence-electron chi connectivity index (χ1n) is 13.9. The molecule has 1 unspecified atom stereocenters. The first-order chi connectivity index (χ1) is 19.5. The van der Waals surface area contributed by atoms with Gasteiger partial charge in [-0.15, -0.1) is 0 Å². The van der Waals surface area contributed by atoms with E-state index in [1.54, 1.807) is 48.5 Å². The zero-order chi connectivity index (χ0) is 29.7. The minimum Gasteiger partial charge on any atom is -0.324 e. The summed E-state index contributed by atoms with van der Waals surface area (Å²) in [7, 11) is -3.76. The van der Waals surface area contributed by atoms with Crippen LogP contribution in [-0.4, -0.2) is 49.8 Å². The number of nitrogens with zero attached hydrogens (tertiary/aromatic N) is 1. The van der Waals surface area contributed by atoms with E-state index in [2.05, 4.69) is 10.6 Å². The summed E-state index contributed by atoms with van der Waals surface area (Å²) in [4.78, 5) is 13.6. The number of carbonyl (C=O) groups is 1. The Morgan fingerprint density at radius 2 is 1.76 bits per heavy atom. The first-order valence-corrected chi connectivity index (χ1v) is 15.7. The maximum atomic E-state index is 15.2. The highest BCUT2D eigenvalue weighted by Crippen LogP contribution is 2.31. The fourth-order valence-corrected chi connectivity index (χ4v) is 7.68. The van der Waals surface area contributed by atoms with E-state index in [4.69, 9.17) is 17.3 Å². The highest BCUT2D eigenvalue weighted by atomic mass is 35.5. The van der Waals surface area contributed by atoms with Crippen LogP contribution >= 0.6 is 11.6 Å². The van der Waals surface area contributed by atoms with Crippen molar-refractivity contribution in [2.75, 3.05) is 18.4 Å². The largest absolute Gasteiger partial charge is 0.324 e. The highest BCUT2D eigenvalue weighted by molar-refractivity contribution is 7.89. The summed E-state index contributed by atoms with van der Waals surface area (Å²) >= 11 is 6.05. The van der Waals surface area contributed by atoms with Gasteiger partial charge in [0.25, 0.3) is 0 Å². The van der Waals surface area contributed by atoms with Crippen molar-refractivity contribution in [2.24, 2.45) is 11.7 Å². The molecule has 41 heavy (non-hydrogen) atoms. The maximum Gasteiger partial charge on any atom is 0.243 e. The molecular weight excluding hydrogens is 563 g/mol. The third-order valence-electron chi connectivity index (χ3n) is 7.70. The Bertz CT molecular complexity index is 1440. The van der Waals surface area contributed by atoms with E-state index in [1.165, 1.54) is 16.4 Å². The lowest BCUT2D eigenvalue weighted by molar-refractivity contribution is -0.118. The van der Waals surface area contributed by atoms with Crippen molar-refractivity contribution in [3.8, 4) is 0 Å². The number of piperazine rings is 1. The van der Waals surface area contributed by atoms with Crippen LogP contribution in [0.3, 0.4) is 0 Å². The molecule has 0 radical (unpaired) electrons. The molecule has 1 heterocycles. The summed E-state index contributed by atoms with van der Waals surface area (Å²) in [6.07, 6.45) is 0.584. The van der Waals surface area contributed by atoms with Gasteiger partial charge >= 0.3 is 0 Å². The van der Waals surface area contributed by atoms with Crippen LogP contribution in [-0.2, 0) is 21.2 Å². The lowest BCUT2D eigenvalue weighted by atomic mass is 9.82. The minimum atomic E-state index is -3.76. The van der Waals surface area contributed by atoms with Crippen molar-refractivity contribution in [1.29, 1.82) is 0 Å². The smallest absolute Gasteiger partial charge is 0.243 e. The van der Waals surface area contributed by atoms with Gasteiger partial charge in [-0.1, -0.05) is 61.8 Å². The number of amides is 1. The fourth-order valence-electron chi connectivity index (χ4n) is 5.69. The maximum absolute atomic E-state index is 15.2. The molecular formula is C31H38ClFN4O3S. The van der Waals surface area contributed by atoms with Crippen molar-refractivity contribution in [3.05, 3.63) is 94.8 Å². The average Bonchev–Trinajstić information content (AvgIpc) is 2.94. The van der Waals surface area contributed by atoms with Crippen molar-refractivity contribution in [3.63, 3.8) is 0 Å². The van der Waals surface area contributed by atoms with Gasteiger partial charge in [0, 0.05) is 47.4 Å². The van der Waals surface area contributed by atoms with Gasteiger partial charge in [0.15, 0.2) is 0 Å². The van der Waals surface area contributed by atoms with E-state index in [0.29, 0.717) is 35.8 Å². The number of nitrogens with one attached hydrogen (secondary N) is 2. The molecule has 0 bridgehead atoms. The number of sulfonamides is 1. The number of halogens is 2. The number of rotatable bonds is 10. The monoisotopic (exact) mass is 600 g/mol. The van der Waals surface area contributed by atoms with Crippen molar-refractivity contribution < 1.29 is 17.6 Å². The van der Waals surface area contributed by atoms with Gasteiger partial charge in [0.2, 0.25) is 15.9 Å². The third kappa shape index (κ3) is 7.16. The number of anilines is 1. The minimum absolute atomic E-state index is 0.0576. The van der Waals surface area contributed by atoms with Crippen LogP contribution < -0.4 is 16.4 Å². The summed E-state index contributed by atoms with van der Waals surface area (Å²) < 4.78 is 43.9. The van der Waals surface area contributed by atoms with Gasteiger partial charge < -0.3 is 16.4 Å². The summed E-state index contributed by atoms with van der Waals surface area (Å²) in [6, 6.07) is 18.6. The second kappa shape index (κ2) is 13.4. The molecule has 1 saturated heterocycles. The molecule has 1 fully saturated rings. The van der Waals surface area contributed by atoms with Gasteiger partial charge in [-0.2, -0.15) is 4.31 Å². The Labute approximate surface area is 247 Å². The number of hydrogen-bond acceptors (Lipinski definition) is 5. The number of hydrogen-bond donors (Lipinski definition) is 3. The molecule has 0 spiro atoms. The lowest BCUT2D eigenvalue weighted by Crippen LogP contribution is -2.58. The van der Waals surface area contributed by atoms with E-state index in [9.17, 15) is 13.2 Å². The standard InChI is InChI=1S/C31H38ClFN4O3S/c1-20(2)29(22-12-14-23(32)15-13-22)30(34)31(38)36-28-11-7-10-27(33)26(28)17-16-24-19-35-18-21(3)37(24)41(39,40)25-8-5-4-6-9-25/h4-15,20-21,24,29-30,35H,16-19,34H2,1-3H3,(H,36,38)/t21-,24-,29?,30-/m0/s1. The normalized spacial score (nSPS) is 19.6. The molecule has 3 aromatic rings. The van der Waals surface area contributed by atoms with Crippen molar-refractivity contribution >= 4 is 33.2 Å². The zero-order valence-electron chi connectivity index (χ0n) is 23.6. The summed E-state index contributed by atoms with van der Waals surface area (Å²) in [5.74, 6) is -1.12. The van der Waals surface area contributed by atoms with Crippen LogP contribution in [0.5, 0.6) is 0 Å². The fraction of sp³-hybridized carbons (Fsp3) is 0.387. The van der Waals surface area contributed by atoms with Gasteiger partial charge in [-0.3, -0.25) is 4.79 Å². The molecule has 3 aromatic carbocycles. The Morgan fingerprint density at radius 1 is 1.07 bits per heavy atom.